The Bertz CT molecular complexity index is 421. The maximum atomic E-state index is 6.20. The molecule has 0 unspecified atom stereocenters. The van der Waals surface area contributed by atoms with Gasteiger partial charge in [0.1, 0.15) is 13.2 Å². The minimum Gasteiger partial charge on any atom is -0.486 e. The van der Waals surface area contributed by atoms with Gasteiger partial charge in [-0.3, -0.25) is 0 Å². The van der Waals surface area contributed by atoms with Crippen LogP contribution in [0, 0.1) is 5.92 Å². The largest absolute Gasteiger partial charge is 0.486 e. The molecule has 0 radical (unpaired) electrons. The topological polar surface area (TPSA) is 30.5 Å². The fraction of sp³-hybridized carbons (Fsp3) is 0.600. The summed E-state index contributed by atoms with van der Waals surface area (Å²) in [6, 6.07) is 3.96. The number of nitrogens with one attached hydrogen (secondary N) is 1. The van der Waals surface area contributed by atoms with Crippen LogP contribution in [0.25, 0.3) is 0 Å². The second-order valence-corrected chi connectivity index (χ2v) is 5.72. The molecular weight excluding hydrogens is 262 g/mol. The van der Waals surface area contributed by atoms with E-state index in [1.165, 1.54) is 12.8 Å². The summed E-state index contributed by atoms with van der Waals surface area (Å²) in [6.07, 6.45) is 2.46. The first-order valence-electron chi connectivity index (χ1n) is 6.95. The molecule has 0 saturated carbocycles. The molecule has 0 bridgehead atoms. The third-order valence-electron chi connectivity index (χ3n) is 3.12. The Morgan fingerprint density at radius 3 is 2.84 bits per heavy atom. The second-order valence-electron chi connectivity index (χ2n) is 5.31. The van der Waals surface area contributed by atoms with Crippen molar-refractivity contribution in [2.24, 2.45) is 5.92 Å². The summed E-state index contributed by atoms with van der Waals surface area (Å²) in [4.78, 5) is 0. The van der Waals surface area contributed by atoms with Gasteiger partial charge >= 0.3 is 0 Å². The van der Waals surface area contributed by atoms with Gasteiger partial charge < -0.3 is 14.8 Å². The lowest BCUT2D eigenvalue weighted by atomic mass is 10.1. The fourth-order valence-corrected chi connectivity index (χ4v) is 2.42. The van der Waals surface area contributed by atoms with E-state index in [2.05, 4.69) is 19.2 Å². The van der Waals surface area contributed by atoms with Crippen molar-refractivity contribution in [2.45, 2.75) is 33.2 Å². The quantitative estimate of drug-likeness (QED) is 0.809. The number of halogens is 1. The average molecular weight is 284 g/mol. The minimum absolute atomic E-state index is 0.569. The Kier molecular flexibility index (Phi) is 5.34. The second kappa shape index (κ2) is 7.01. The van der Waals surface area contributed by atoms with Crippen LogP contribution in [-0.2, 0) is 6.54 Å². The molecule has 4 heteroatoms. The van der Waals surface area contributed by atoms with Crippen LogP contribution < -0.4 is 14.8 Å². The molecule has 1 aliphatic rings. The molecule has 0 spiro atoms. The van der Waals surface area contributed by atoms with Crippen molar-refractivity contribution in [3.05, 3.63) is 22.7 Å². The first kappa shape index (κ1) is 14.5. The van der Waals surface area contributed by atoms with Crippen molar-refractivity contribution in [3.8, 4) is 11.5 Å². The maximum absolute atomic E-state index is 6.20. The highest BCUT2D eigenvalue weighted by Crippen LogP contribution is 2.38. The molecule has 1 aliphatic heterocycles. The molecule has 19 heavy (non-hydrogen) atoms. The molecule has 0 amide bonds. The molecule has 106 valence electrons. The first-order valence-corrected chi connectivity index (χ1v) is 7.33. The van der Waals surface area contributed by atoms with Crippen LogP contribution in [0.4, 0.5) is 0 Å². The van der Waals surface area contributed by atoms with Crippen LogP contribution in [0.2, 0.25) is 5.02 Å². The lowest BCUT2D eigenvalue weighted by Crippen LogP contribution is -2.18. The highest BCUT2D eigenvalue weighted by molar-refractivity contribution is 6.32. The average Bonchev–Trinajstić information content (AvgIpc) is 2.38. The van der Waals surface area contributed by atoms with Gasteiger partial charge in [0.05, 0.1) is 5.02 Å². The molecular formula is C15H22ClNO2. The molecule has 1 aromatic carbocycles. The Hall–Kier alpha value is -0.930. The van der Waals surface area contributed by atoms with E-state index >= 15 is 0 Å². The molecule has 0 fully saturated rings. The maximum Gasteiger partial charge on any atom is 0.179 e. The summed E-state index contributed by atoms with van der Waals surface area (Å²) in [7, 11) is 0. The van der Waals surface area contributed by atoms with Crippen molar-refractivity contribution < 1.29 is 9.47 Å². The molecule has 0 aromatic heterocycles. The summed E-state index contributed by atoms with van der Waals surface area (Å²) < 4.78 is 11.1. The molecule has 3 nitrogen and oxygen atoms in total. The van der Waals surface area contributed by atoms with E-state index in [1.54, 1.807) is 0 Å². The van der Waals surface area contributed by atoms with Crippen molar-refractivity contribution in [2.75, 3.05) is 19.8 Å². The Morgan fingerprint density at radius 2 is 2.05 bits per heavy atom. The van der Waals surface area contributed by atoms with Gasteiger partial charge in [-0.15, -0.1) is 0 Å². The summed E-state index contributed by atoms with van der Waals surface area (Å²) in [5, 5.41) is 4.07. The third kappa shape index (κ3) is 4.29. The van der Waals surface area contributed by atoms with E-state index in [9.17, 15) is 0 Å². The summed E-state index contributed by atoms with van der Waals surface area (Å²) >= 11 is 6.20. The lowest BCUT2D eigenvalue weighted by molar-refractivity contribution is 0.171. The van der Waals surface area contributed by atoms with Gasteiger partial charge in [-0.25, -0.2) is 0 Å². The van der Waals surface area contributed by atoms with Crippen molar-refractivity contribution in [1.29, 1.82) is 0 Å². The highest BCUT2D eigenvalue weighted by Gasteiger charge is 2.16. The molecule has 2 rings (SSSR count). The zero-order valence-electron chi connectivity index (χ0n) is 11.7. The van der Waals surface area contributed by atoms with Gasteiger partial charge in [-0.2, -0.15) is 0 Å². The zero-order chi connectivity index (χ0) is 13.7. The summed E-state index contributed by atoms with van der Waals surface area (Å²) in [5.41, 5.74) is 1.14. The molecule has 0 atom stereocenters. The smallest absolute Gasteiger partial charge is 0.179 e. The Morgan fingerprint density at radius 1 is 1.26 bits per heavy atom. The van der Waals surface area contributed by atoms with Crippen LogP contribution in [0.5, 0.6) is 11.5 Å². The predicted molar refractivity (Wildman–Crippen MR) is 78.2 cm³/mol. The van der Waals surface area contributed by atoms with Crippen LogP contribution in [-0.4, -0.2) is 19.8 Å². The molecule has 1 N–H and O–H groups in total. The molecule has 0 aliphatic carbocycles. The van der Waals surface area contributed by atoms with Crippen LogP contribution in [0.3, 0.4) is 0 Å². The standard InChI is InChI=1S/C15H22ClNO2/c1-11(2)4-3-5-17-10-12-8-13(16)15-14(9-12)18-6-7-19-15/h8-9,11,17H,3-7,10H2,1-2H3. The molecule has 1 heterocycles. The van der Waals surface area contributed by atoms with Gasteiger partial charge in [-0.1, -0.05) is 25.4 Å². The Labute approximate surface area is 120 Å². The van der Waals surface area contributed by atoms with Crippen LogP contribution >= 0.6 is 11.6 Å². The van der Waals surface area contributed by atoms with Crippen molar-refractivity contribution in [1.82, 2.24) is 5.32 Å². The van der Waals surface area contributed by atoms with E-state index < -0.39 is 0 Å². The van der Waals surface area contributed by atoms with Gasteiger partial charge in [0.2, 0.25) is 0 Å². The summed E-state index contributed by atoms with van der Waals surface area (Å²) in [6.45, 7) is 7.51. The van der Waals surface area contributed by atoms with E-state index in [4.69, 9.17) is 21.1 Å². The SMILES string of the molecule is CC(C)CCCNCc1cc(Cl)c2c(c1)OCCO2. The van der Waals surface area contributed by atoms with Gasteiger partial charge in [-0.05, 0) is 43.0 Å². The lowest BCUT2D eigenvalue weighted by Gasteiger charge is -2.20. The van der Waals surface area contributed by atoms with Crippen molar-refractivity contribution >= 4 is 11.6 Å². The van der Waals surface area contributed by atoms with Crippen molar-refractivity contribution in [3.63, 3.8) is 0 Å². The van der Waals surface area contributed by atoms with Gasteiger partial charge in [0.15, 0.2) is 11.5 Å². The van der Waals surface area contributed by atoms with E-state index in [0.29, 0.717) is 24.0 Å². The first-order chi connectivity index (χ1) is 9.16. The number of rotatable bonds is 6. The number of ether oxygens (including phenoxy) is 2. The number of fused-ring (bicyclic) bond motifs is 1. The number of benzene rings is 1. The van der Waals surface area contributed by atoms with Gasteiger partial charge in [0.25, 0.3) is 0 Å². The van der Waals surface area contributed by atoms with Gasteiger partial charge in [0, 0.05) is 6.54 Å². The summed E-state index contributed by atoms with van der Waals surface area (Å²) in [5.74, 6) is 2.21. The van der Waals surface area contributed by atoms with E-state index in [0.717, 1.165) is 30.3 Å². The van der Waals surface area contributed by atoms with E-state index in [-0.39, 0.29) is 0 Å². The third-order valence-corrected chi connectivity index (χ3v) is 3.40. The van der Waals surface area contributed by atoms with Crippen LogP contribution in [0.15, 0.2) is 12.1 Å². The highest BCUT2D eigenvalue weighted by atomic mass is 35.5. The molecule has 1 aromatic rings. The van der Waals surface area contributed by atoms with Crippen LogP contribution in [0.1, 0.15) is 32.3 Å². The minimum atomic E-state index is 0.569. The monoisotopic (exact) mass is 283 g/mol. The normalized spacial score (nSPS) is 13.9. The zero-order valence-corrected chi connectivity index (χ0v) is 12.4. The fourth-order valence-electron chi connectivity index (χ4n) is 2.13. The molecule has 0 saturated heterocycles. The Balaban J connectivity index is 1.85. The predicted octanol–water partition coefficient (Wildman–Crippen LogP) is 3.64. The number of hydrogen-bond donors (Lipinski definition) is 1. The number of hydrogen-bond acceptors (Lipinski definition) is 3. The van der Waals surface area contributed by atoms with E-state index in [1.807, 2.05) is 12.1 Å².